The van der Waals surface area contributed by atoms with Crippen LogP contribution in [0.15, 0.2) is 0 Å². The maximum atomic E-state index is 4.96. The van der Waals surface area contributed by atoms with Gasteiger partial charge in [-0.05, 0) is 5.92 Å². The van der Waals surface area contributed by atoms with Gasteiger partial charge < -0.3 is 10.2 Å². The molecule has 1 rings (SSSR count). The van der Waals surface area contributed by atoms with Gasteiger partial charge in [-0.1, -0.05) is 0 Å². The van der Waals surface area contributed by atoms with Gasteiger partial charge in [-0.15, -0.1) is 0 Å². The molecule has 1 heterocycles. The summed E-state index contributed by atoms with van der Waals surface area (Å²) in [7, 11) is 3.66. The second kappa shape index (κ2) is 3.15. The third kappa shape index (κ3) is 1.93. The van der Waals surface area contributed by atoms with Gasteiger partial charge in [-0.2, -0.15) is 5.06 Å². The molecule has 0 spiro atoms. The molecule has 0 atom stereocenters. The van der Waals surface area contributed by atoms with E-state index in [1.165, 1.54) is 0 Å². The summed E-state index contributed by atoms with van der Waals surface area (Å²) in [5.74, 6) is 0.801. The summed E-state index contributed by atoms with van der Waals surface area (Å²) in [4.78, 5) is 4.96. The van der Waals surface area contributed by atoms with E-state index < -0.39 is 0 Å². The monoisotopic (exact) mass is 130 g/mol. The van der Waals surface area contributed by atoms with Crippen molar-refractivity contribution in [1.82, 2.24) is 10.4 Å². The van der Waals surface area contributed by atoms with Gasteiger partial charge in [0.15, 0.2) is 0 Å². The first-order valence-electron chi connectivity index (χ1n) is 3.29. The number of nitrogens with one attached hydrogen (secondary N) is 1. The van der Waals surface area contributed by atoms with E-state index in [0.717, 1.165) is 25.6 Å². The summed E-state index contributed by atoms with van der Waals surface area (Å²) in [6.45, 7) is 3.34. The molecule has 0 aliphatic carbocycles. The molecule has 0 unspecified atom stereocenters. The molecule has 0 aromatic carbocycles. The van der Waals surface area contributed by atoms with Gasteiger partial charge in [0.05, 0.1) is 7.11 Å². The van der Waals surface area contributed by atoms with Gasteiger partial charge in [0.1, 0.15) is 0 Å². The van der Waals surface area contributed by atoms with E-state index in [1.54, 1.807) is 7.11 Å². The molecule has 1 fully saturated rings. The van der Waals surface area contributed by atoms with E-state index in [0.29, 0.717) is 0 Å². The van der Waals surface area contributed by atoms with Gasteiger partial charge in [-0.3, -0.25) is 0 Å². The predicted molar refractivity (Wildman–Crippen MR) is 36.0 cm³/mol. The van der Waals surface area contributed by atoms with Gasteiger partial charge in [0.2, 0.25) is 0 Å². The van der Waals surface area contributed by atoms with Crippen molar-refractivity contribution in [1.29, 1.82) is 0 Å². The molecular weight excluding hydrogens is 116 g/mol. The second-order valence-electron chi connectivity index (χ2n) is 2.52. The van der Waals surface area contributed by atoms with Crippen LogP contribution < -0.4 is 5.32 Å². The lowest BCUT2D eigenvalue weighted by Crippen LogP contribution is -2.47. The van der Waals surface area contributed by atoms with Crippen molar-refractivity contribution in [3.8, 4) is 0 Å². The standard InChI is InChI=1S/C6H14N2O/c1-8(9-2)5-6-3-7-4-6/h6-7H,3-5H2,1-2H3. The lowest BCUT2D eigenvalue weighted by Gasteiger charge is -2.29. The van der Waals surface area contributed by atoms with Crippen molar-refractivity contribution in [2.45, 2.75) is 0 Å². The zero-order chi connectivity index (χ0) is 6.69. The Balaban J connectivity index is 2.01. The quantitative estimate of drug-likeness (QED) is 0.531. The molecule has 0 bridgehead atoms. The first-order chi connectivity index (χ1) is 4.33. The molecule has 0 radical (unpaired) electrons. The summed E-state index contributed by atoms with van der Waals surface area (Å²) in [5.41, 5.74) is 0. The van der Waals surface area contributed by atoms with Gasteiger partial charge in [-0.25, -0.2) is 0 Å². The van der Waals surface area contributed by atoms with Crippen molar-refractivity contribution in [2.24, 2.45) is 5.92 Å². The van der Waals surface area contributed by atoms with Crippen LogP contribution in [0.5, 0.6) is 0 Å². The Hall–Kier alpha value is -0.120. The fraction of sp³-hybridized carbons (Fsp3) is 1.00. The van der Waals surface area contributed by atoms with Crippen LogP contribution in [0.3, 0.4) is 0 Å². The minimum atomic E-state index is 0.801. The van der Waals surface area contributed by atoms with Crippen molar-refractivity contribution in [3.63, 3.8) is 0 Å². The average molecular weight is 130 g/mol. The minimum absolute atomic E-state index is 0.801. The molecule has 0 aromatic rings. The van der Waals surface area contributed by atoms with Crippen LogP contribution in [0.25, 0.3) is 0 Å². The largest absolute Gasteiger partial charge is 0.316 e. The number of hydrogen-bond donors (Lipinski definition) is 1. The van der Waals surface area contributed by atoms with E-state index in [9.17, 15) is 0 Å². The molecule has 0 saturated carbocycles. The Kier molecular flexibility index (Phi) is 2.45. The third-order valence-corrected chi connectivity index (χ3v) is 1.69. The maximum absolute atomic E-state index is 4.96. The van der Waals surface area contributed by atoms with Crippen LogP contribution >= 0.6 is 0 Å². The smallest absolute Gasteiger partial charge is 0.0575 e. The Morgan fingerprint density at radius 1 is 1.67 bits per heavy atom. The number of hydrogen-bond acceptors (Lipinski definition) is 3. The highest BCUT2D eigenvalue weighted by Crippen LogP contribution is 2.03. The predicted octanol–water partition coefficient (Wildman–Crippen LogP) is -0.301. The Bertz CT molecular complexity index is 80.4. The Labute approximate surface area is 55.9 Å². The fourth-order valence-corrected chi connectivity index (χ4v) is 0.916. The van der Waals surface area contributed by atoms with E-state index >= 15 is 0 Å². The molecule has 9 heavy (non-hydrogen) atoms. The molecule has 3 heteroatoms. The molecule has 1 saturated heterocycles. The van der Waals surface area contributed by atoms with Crippen molar-refractivity contribution in [2.75, 3.05) is 33.8 Å². The summed E-state index contributed by atoms with van der Waals surface area (Å²) in [6, 6.07) is 0. The van der Waals surface area contributed by atoms with Crippen molar-refractivity contribution < 1.29 is 4.84 Å². The van der Waals surface area contributed by atoms with E-state index in [2.05, 4.69) is 5.32 Å². The second-order valence-corrected chi connectivity index (χ2v) is 2.52. The van der Waals surface area contributed by atoms with Crippen molar-refractivity contribution >= 4 is 0 Å². The fourth-order valence-electron chi connectivity index (χ4n) is 0.916. The zero-order valence-electron chi connectivity index (χ0n) is 6.05. The topological polar surface area (TPSA) is 24.5 Å². The molecule has 54 valence electrons. The average Bonchev–Trinajstić information content (AvgIpc) is 1.78. The normalized spacial score (nSPS) is 20.3. The van der Waals surface area contributed by atoms with Gasteiger partial charge in [0.25, 0.3) is 0 Å². The van der Waals surface area contributed by atoms with Crippen LogP contribution in [0.1, 0.15) is 0 Å². The summed E-state index contributed by atoms with van der Waals surface area (Å²) in [6.07, 6.45) is 0. The maximum Gasteiger partial charge on any atom is 0.0575 e. The minimum Gasteiger partial charge on any atom is -0.316 e. The molecule has 1 aliphatic heterocycles. The first-order valence-corrected chi connectivity index (χ1v) is 3.29. The van der Waals surface area contributed by atoms with E-state index in [1.807, 2.05) is 12.1 Å². The zero-order valence-corrected chi connectivity index (χ0v) is 6.05. The number of hydroxylamine groups is 2. The molecular formula is C6H14N2O. The molecule has 1 N–H and O–H groups in total. The van der Waals surface area contributed by atoms with Crippen LogP contribution in [0, 0.1) is 5.92 Å². The highest BCUT2D eigenvalue weighted by molar-refractivity contribution is 4.75. The summed E-state index contributed by atoms with van der Waals surface area (Å²) >= 11 is 0. The van der Waals surface area contributed by atoms with Crippen LogP contribution in [0.4, 0.5) is 0 Å². The molecule has 3 nitrogen and oxygen atoms in total. The number of nitrogens with zero attached hydrogens (tertiary/aromatic N) is 1. The Morgan fingerprint density at radius 3 is 2.67 bits per heavy atom. The molecule has 0 aromatic heterocycles. The van der Waals surface area contributed by atoms with Crippen molar-refractivity contribution in [3.05, 3.63) is 0 Å². The van der Waals surface area contributed by atoms with Crippen LogP contribution in [-0.2, 0) is 4.84 Å². The highest BCUT2D eigenvalue weighted by atomic mass is 16.7. The van der Waals surface area contributed by atoms with E-state index in [-0.39, 0.29) is 0 Å². The summed E-state index contributed by atoms with van der Waals surface area (Å²) in [5, 5.41) is 5.08. The summed E-state index contributed by atoms with van der Waals surface area (Å²) < 4.78 is 0. The number of rotatable bonds is 3. The SMILES string of the molecule is CON(C)CC1CNC1. The molecule has 0 amide bonds. The third-order valence-electron chi connectivity index (χ3n) is 1.69. The van der Waals surface area contributed by atoms with Gasteiger partial charge in [0, 0.05) is 26.7 Å². The Morgan fingerprint density at radius 2 is 2.33 bits per heavy atom. The highest BCUT2D eigenvalue weighted by Gasteiger charge is 2.17. The molecule has 1 aliphatic rings. The van der Waals surface area contributed by atoms with E-state index in [4.69, 9.17) is 4.84 Å². The van der Waals surface area contributed by atoms with Gasteiger partial charge >= 0.3 is 0 Å². The lowest BCUT2D eigenvalue weighted by molar-refractivity contribution is -0.121. The van der Waals surface area contributed by atoms with Crippen LogP contribution in [0.2, 0.25) is 0 Å². The first kappa shape index (κ1) is 6.99. The van der Waals surface area contributed by atoms with Crippen LogP contribution in [-0.4, -0.2) is 38.9 Å². The lowest BCUT2D eigenvalue weighted by atomic mass is 10.0.